The van der Waals surface area contributed by atoms with Gasteiger partial charge in [-0.1, -0.05) is 54.6 Å². The molecule has 0 bridgehead atoms. The van der Waals surface area contributed by atoms with Crippen LogP contribution in [0.2, 0.25) is 0 Å². The summed E-state index contributed by atoms with van der Waals surface area (Å²) in [5.74, 6) is 0.760. The summed E-state index contributed by atoms with van der Waals surface area (Å²) in [7, 11) is 0. The third-order valence-corrected chi connectivity index (χ3v) is 3.73. The summed E-state index contributed by atoms with van der Waals surface area (Å²) in [6.07, 6.45) is 1.38. The van der Waals surface area contributed by atoms with Gasteiger partial charge in [-0.2, -0.15) is 4.98 Å². The number of aromatic nitrogens is 2. The van der Waals surface area contributed by atoms with E-state index in [1.165, 1.54) is 11.9 Å². The minimum Gasteiger partial charge on any atom is -0.469 e. The normalized spacial score (nSPS) is 13.0. The van der Waals surface area contributed by atoms with E-state index in [2.05, 4.69) is 39.2 Å². The highest BCUT2D eigenvalue weighted by Gasteiger charge is 2.18. The van der Waals surface area contributed by atoms with Gasteiger partial charge in [0.2, 0.25) is 5.88 Å². The summed E-state index contributed by atoms with van der Waals surface area (Å²) in [6.45, 7) is 0.369. The van der Waals surface area contributed by atoms with Crippen molar-refractivity contribution in [3.8, 4) is 17.0 Å². The standard InChI is InChI=1S/C18H14N4O/c19-17-16-18(21-11-20-17)23-10-15(22-16)14-8-6-13(7-9-14)12-4-2-1-3-5-12/h1-9,11H,10H2,(H2,19,20,21). The molecule has 0 saturated heterocycles. The molecular weight excluding hydrogens is 288 g/mol. The minimum atomic E-state index is 0.327. The molecule has 1 aliphatic rings. The molecule has 5 nitrogen and oxygen atoms in total. The molecule has 1 aliphatic heterocycles. The van der Waals surface area contributed by atoms with Crippen molar-refractivity contribution in [3.05, 3.63) is 66.5 Å². The number of aliphatic imine (C=N–C) groups is 1. The number of ether oxygens (including phenoxy) is 1. The number of nitrogens with zero attached hydrogens (tertiary/aromatic N) is 3. The number of anilines is 1. The van der Waals surface area contributed by atoms with Crippen LogP contribution in [0.25, 0.3) is 11.1 Å². The van der Waals surface area contributed by atoms with Crippen LogP contribution in [0.5, 0.6) is 5.88 Å². The smallest absolute Gasteiger partial charge is 0.245 e. The second-order valence-corrected chi connectivity index (χ2v) is 5.20. The molecule has 0 spiro atoms. The molecule has 0 aliphatic carbocycles. The minimum absolute atomic E-state index is 0.327. The molecule has 0 saturated carbocycles. The molecule has 4 rings (SSSR count). The predicted octanol–water partition coefficient (Wildman–Crippen LogP) is 3.24. The number of hydrogen-bond donors (Lipinski definition) is 1. The SMILES string of the molecule is Nc1ncnc2c1N=C(c1ccc(-c3ccccc3)cc1)CO2. The fraction of sp³-hybridized carbons (Fsp3) is 0.0556. The lowest BCUT2D eigenvalue weighted by Crippen LogP contribution is -2.17. The molecule has 0 amide bonds. The Balaban J connectivity index is 1.68. The van der Waals surface area contributed by atoms with Crippen molar-refractivity contribution in [2.75, 3.05) is 12.3 Å². The number of benzene rings is 2. The molecule has 3 aromatic rings. The topological polar surface area (TPSA) is 73.4 Å². The summed E-state index contributed by atoms with van der Waals surface area (Å²) < 4.78 is 5.62. The molecule has 1 aromatic heterocycles. The molecule has 23 heavy (non-hydrogen) atoms. The second kappa shape index (κ2) is 5.53. The van der Waals surface area contributed by atoms with Gasteiger partial charge in [0.25, 0.3) is 0 Å². The largest absolute Gasteiger partial charge is 0.469 e. The lowest BCUT2D eigenvalue weighted by atomic mass is 10.0. The van der Waals surface area contributed by atoms with Gasteiger partial charge in [-0.25, -0.2) is 9.98 Å². The Labute approximate surface area is 133 Å². The van der Waals surface area contributed by atoms with E-state index in [0.29, 0.717) is 24.0 Å². The van der Waals surface area contributed by atoms with Crippen molar-refractivity contribution in [2.45, 2.75) is 0 Å². The fourth-order valence-electron chi connectivity index (χ4n) is 2.52. The third kappa shape index (κ3) is 2.53. The number of rotatable bonds is 2. The zero-order valence-electron chi connectivity index (χ0n) is 12.3. The Bertz CT molecular complexity index is 873. The van der Waals surface area contributed by atoms with E-state index in [1.807, 2.05) is 30.3 Å². The number of nitrogen functional groups attached to an aromatic ring is 1. The van der Waals surface area contributed by atoms with Crippen LogP contribution in [0.15, 0.2) is 65.9 Å². The van der Waals surface area contributed by atoms with E-state index < -0.39 is 0 Å². The molecule has 5 heteroatoms. The van der Waals surface area contributed by atoms with Gasteiger partial charge in [0.1, 0.15) is 12.9 Å². The van der Waals surface area contributed by atoms with Crippen molar-refractivity contribution in [2.24, 2.45) is 4.99 Å². The Morgan fingerprint density at radius 2 is 1.52 bits per heavy atom. The van der Waals surface area contributed by atoms with Gasteiger partial charge in [-0.05, 0) is 16.7 Å². The molecule has 2 aromatic carbocycles. The van der Waals surface area contributed by atoms with E-state index >= 15 is 0 Å². The molecule has 0 atom stereocenters. The molecule has 0 unspecified atom stereocenters. The highest BCUT2D eigenvalue weighted by atomic mass is 16.5. The maximum absolute atomic E-state index is 5.84. The van der Waals surface area contributed by atoms with E-state index in [-0.39, 0.29) is 0 Å². The highest BCUT2D eigenvalue weighted by molar-refractivity contribution is 6.05. The average molecular weight is 302 g/mol. The van der Waals surface area contributed by atoms with Crippen LogP contribution in [0.4, 0.5) is 11.5 Å². The quantitative estimate of drug-likeness (QED) is 0.788. The van der Waals surface area contributed by atoms with Crippen molar-refractivity contribution in [3.63, 3.8) is 0 Å². The monoisotopic (exact) mass is 302 g/mol. The van der Waals surface area contributed by atoms with Crippen LogP contribution in [-0.4, -0.2) is 22.3 Å². The Kier molecular flexibility index (Phi) is 3.24. The summed E-state index contributed by atoms with van der Waals surface area (Å²) in [6, 6.07) is 18.5. The van der Waals surface area contributed by atoms with Crippen LogP contribution in [0.1, 0.15) is 5.56 Å². The van der Waals surface area contributed by atoms with E-state index in [4.69, 9.17) is 10.5 Å². The van der Waals surface area contributed by atoms with Crippen LogP contribution < -0.4 is 10.5 Å². The molecule has 2 N–H and O–H groups in total. The first-order chi connectivity index (χ1) is 11.3. The summed E-state index contributed by atoms with van der Waals surface area (Å²) >= 11 is 0. The molecule has 0 radical (unpaired) electrons. The zero-order chi connectivity index (χ0) is 15.6. The molecule has 0 fully saturated rings. The number of fused-ring (bicyclic) bond motifs is 1. The van der Waals surface area contributed by atoms with Crippen molar-refractivity contribution < 1.29 is 4.74 Å². The van der Waals surface area contributed by atoms with Gasteiger partial charge in [0, 0.05) is 0 Å². The van der Waals surface area contributed by atoms with Crippen LogP contribution >= 0.6 is 0 Å². The maximum atomic E-state index is 5.84. The molecular formula is C18H14N4O. The Morgan fingerprint density at radius 3 is 2.30 bits per heavy atom. The van der Waals surface area contributed by atoms with Gasteiger partial charge < -0.3 is 10.5 Å². The lowest BCUT2D eigenvalue weighted by Gasteiger charge is -2.16. The second-order valence-electron chi connectivity index (χ2n) is 5.20. The van der Waals surface area contributed by atoms with Gasteiger partial charge in [-0.15, -0.1) is 0 Å². The van der Waals surface area contributed by atoms with Gasteiger partial charge in [0.15, 0.2) is 11.5 Å². The van der Waals surface area contributed by atoms with E-state index in [0.717, 1.165) is 16.8 Å². The maximum Gasteiger partial charge on any atom is 0.245 e. The van der Waals surface area contributed by atoms with Gasteiger partial charge >= 0.3 is 0 Å². The first-order valence-electron chi connectivity index (χ1n) is 7.28. The molecule has 112 valence electrons. The van der Waals surface area contributed by atoms with Crippen molar-refractivity contribution in [1.29, 1.82) is 0 Å². The number of nitrogens with two attached hydrogens (primary N) is 1. The lowest BCUT2D eigenvalue weighted by molar-refractivity contribution is 0.357. The summed E-state index contributed by atoms with van der Waals surface area (Å²) in [4.78, 5) is 12.6. The summed E-state index contributed by atoms with van der Waals surface area (Å²) in [5, 5.41) is 0. The van der Waals surface area contributed by atoms with Crippen LogP contribution in [0.3, 0.4) is 0 Å². The Hall–Kier alpha value is -3.21. The summed E-state index contributed by atoms with van der Waals surface area (Å²) in [5.41, 5.74) is 10.5. The highest BCUT2D eigenvalue weighted by Crippen LogP contribution is 2.33. The zero-order valence-corrected chi connectivity index (χ0v) is 12.3. The fourth-order valence-corrected chi connectivity index (χ4v) is 2.52. The average Bonchev–Trinajstić information content (AvgIpc) is 2.63. The first kappa shape index (κ1) is 13.5. The third-order valence-electron chi connectivity index (χ3n) is 3.73. The van der Waals surface area contributed by atoms with Crippen molar-refractivity contribution >= 4 is 17.2 Å². The van der Waals surface area contributed by atoms with E-state index in [1.54, 1.807) is 0 Å². The molecule has 2 heterocycles. The van der Waals surface area contributed by atoms with Crippen LogP contribution in [0, 0.1) is 0 Å². The predicted molar refractivity (Wildman–Crippen MR) is 90.0 cm³/mol. The van der Waals surface area contributed by atoms with Gasteiger partial charge in [-0.3, -0.25) is 0 Å². The Morgan fingerprint density at radius 1 is 0.826 bits per heavy atom. The van der Waals surface area contributed by atoms with E-state index in [9.17, 15) is 0 Å². The number of hydrogen-bond acceptors (Lipinski definition) is 5. The van der Waals surface area contributed by atoms with Crippen molar-refractivity contribution in [1.82, 2.24) is 9.97 Å². The first-order valence-corrected chi connectivity index (χ1v) is 7.28. The van der Waals surface area contributed by atoms with Gasteiger partial charge in [0.05, 0.1) is 5.71 Å². The van der Waals surface area contributed by atoms with Crippen LogP contribution in [-0.2, 0) is 0 Å².